The highest BCUT2D eigenvalue weighted by Crippen LogP contribution is 2.22. The monoisotopic (exact) mass is 254 g/mol. The molecule has 2 aliphatic heterocycles. The summed E-state index contributed by atoms with van der Waals surface area (Å²) in [5, 5.41) is 2.77. The zero-order valence-corrected chi connectivity index (χ0v) is 11.1. The molecule has 2 aliphatic rings. The number of likely N-dealkylation sites (tertiary alicyclic amines) is 1. The first-order valence-corrected chi connectivity index (χ1v) is 6.70. The number of carbonyl (C=O) groups excluding carboxylic acids is 2. The van der Waals surface area contributed by atoms with Crippen LogP contribution in [0.3, 0.4) is 0 Å². The Morgan fingerprint density at radius 2 is 2.22 bits per heavy atom. The van der Waals surface area contributed by atoms with Gasteiger partial charge in [-0.1, -0.05) is 6.92 Å². The molecule has 2 saturated heterocycles. The first-order valence-electron chi connectivity index (χ1n) is 6.70. The lowest BCUT2D eigenvalue weighted by atomic mass is 9.92. The van der Waals surface area contributed by atoms with E-state index in [0.717, 1.165) is 13.0 Å². The van der Waals surface area contributed by atoms with Gasteiger partial charge >= 0.3 is 0 Å². The summed E-state index contributed by atoms with van der Waals surface area (Å²) in [5.74, 6) is 0.684. The van der Waals surface area contributed by atoms with Crippen LogP contribution in [-0.4, -0.2) is 49.6 Å². The highest BCUT2D eigenvalue weighted by atomic mass is 16.5. The molecular formula is C13H22N2O3. The Kier molecular flexibility index (Phi) is 4.22. The van der Waals surface area contributed by atoms with Crippen LogP contribution in [-0.2, 0) is 14.3 Å². The summed E-state index contributed by atoms with van der Waals surface area (Å²) in [6.07, 6.45) is 2.27. The normalized spacial score (nSPS) is 33.1. The van der Waals surface area contributed by atoms with Gasteiger partial charge in [-0.25, -0.2) is 0 Å². The molecular weight excluding hydrogens is 232 g/mol. The molecule has 3 atom stereocenters. The Bertz CT molecular complexity index is 322. The van der Waals surface area contributed by atoms with Crippen molar-refractivity contribution in [3.8, 4) is 0 Å². The molecule has 3 unspecified atom stereocenters. The first-order chi connectivity index (χ1) is 8.61. The van der Waals surface area contributed by atoms with Crippen molar-refractivity contribution < 1.29 is 14.3 Å². The molecule has 0 aromatic rings. The van der Waals surface area contributed by atoms with Crippen LogP contribution in [0, 0.1) is 11.8 Å². The minimum absolute atomic E-state index is 0.0476. The second-order valence-electron chi connectivity index (χ2n) is 5.36. The van der Waals surface area contributed by atoms with Crippen molar-refractivity contribution in [1.82, 2.24) is 10.2 Å². The van der Waals surface area contributed by atoms with Crippen LogP contribution in [0.15, 0.2) is 0 Å². The van der Waals surface area contributed by atoms with Crippen molar-refractivity contribution in [3.05, 3.63) is 0 Å². The standard InChI is InChI=1S/C13H22N2O3/c1-9-5-6-15(8-11(9)18-2)13(17)10-3-4-12(16)14-7-10/h9-11H,3-8H2,1-2H3,(H,14,16). The highest BCUT2D eigenvalue weighted by molar-refractivity contribution is 5.83. The Balaban J connectivity index is 1.91. The number of nitrogens with zero attached hydrogens (tertiary/aromatic N) is 1. The fourth-order valence-electron chi connectivity index (χ4n) is 2.74. The van der Waals surface area contributed by atoms with Crippen molar-refractivity contribution in [2.75, 3.05) is 26.7 Å². The molecule has 102 valence electrons. The molecule has 2 amide bonds. The third-order valence-electron chi connectivity index (χ3n) is 4.12. The summed E-state index contributed by atoms with van der Waals surface area (Å²) in [7, 11) is 1.70. The van der Waals surface area contributed by atoms with Crippen molar-refractivity contribution >= 4 is 11.8 Å². The molecule has 18 heavy (non-hydrogen) atoms. The molecule has 5 nitrogen and oxygen atoms in total. The van der Waals surface area contributed by atoms with Crippen LogP contribution in [0.25, 0.3) is 0 Å². The number of piperidine rings is 2. The van der Waals surface area contributed by atoms with Crippen molar-refractivity contribution in [3.63, 3.8) is 0 Å². The summed E-state index contributed by atoms with van der Waals surface area (Å²) in [6, 6.07) is 0. The van der Waals surface area contributed by atoms with Gasteiger partial charge in [0.15, 0.2) is 0 Å². The van der Waals surface area contributed by atoms with E-state index in [0.29, 0.717) is 31.8 Å². The van der Waals surface area contributed by atoms with E-state index in [9.17, 15) is 9.59 Å². The lowest BCUT2D eigenvalue weighted by molar-refractivity contribution is -0.142. The van der Waals surface area contributed by atoms with Crippen molar-refractivity contribution in [2.45, 2.75) is 32.3 Å². The number of hydrogen-bond donors (Lipinski definition) is 1. The van der Waals surface area contributed by atoms with Gasteiger partial charge in [0, 0.05) is 33.2 Å². The number of rotatable bonds is 2. The van der Waals surface area contributed by atoms with Gasteiger partial charge in [0.2, 0.25) is 11.8 Å². The van der Waals surface area contributed by atoms with Crippen LogP contribution >= 0.6 is 0 Å². The minimum atomic E-state index is -0.0476. The summed E-state index contributed by atoms with van der Waals surface area (Å²) in [4.78, 5) is 25.3. The zero-order chi connectivity index (χ0) is 13.1. The fraction of sp³-hybridized carbons (Fsp3) is 0.846. The predicted octanol–water partition coefficient (Wildman–Crippen LogP) is 0.396. The van der Waals surface area contributed by atoms with E-state index in [4.69, 9.17) is 4.74 Å². The Morgan fingerprint density at radius 1 is 1.44 bits per heavy atom. The van der Waals surface area contributed by atoms with Crippen LogP contribution in [0.2, 0.25) is 0 Å². The Morgan fingerprint density at radius 3 is 2.83 bits per heavy atom. The number of carbonyl (C=O) groups is 2. The quantitative estimate of drug-likeness (QED) is 0.776. The lowest BCUT2D eigenvalue weighted by Gasteiger charge is -2.38. The summed E-state index contributed by atoms with van der Waals surface area (Å²) in [5.41, 5.74) is 0. The molecule has 1 N–H and O–H groups in total. The van der Waals surface area contributed by atoms with Gasteiger partial charge in [0.05, 0.1) is 12.0 Å². The lowest BCUT2D eigenvalue weighted by Crippen LogP contribution is -2.51. The predicted molar refractivity (Wildman–Crippen MR) is 66.9 cm³/mol. The largest absolute Gasteiger partial charge is 0.379 e. The molecule has 0 aromatic heterocycles. The van der Waals surface area contributed by atoms with Crippen molar-refractivity contribution in [1.29, 1.82) is 0 Å². The maximum Gasteiger partial charge on any atom is 0.227 e. The van der Waals surface area contributed by atoms with Crippen LogP contribution in [0.5, 0.6) is 0 Å². The Labute approximate surface area is 108 Å². The van der Waals surface area contributed by atoms with Gasteiger partial charge in [-0.05, 0) is 18.8 Å². The molecule has 0 aromatic carbocycles. The van der Waals surface area contributed by atoms with Crippen LogP contribution in [0.4, 0.5) is 0 Å². The molecule has 2 fully saturated rings. The van der Waals surface area contributed by atoms with Gasteiger partial charge < -0.3 is 15.0 Å². The average Bonchev–Trinajstić information content (AvgIpc) is 2.39. The maximum absolute atomic E-state index is 12.3. The molecule has 2 heterocycles. The third-order valence-corrected chi connectivity index (χ3v) is 4.12. The topological polar surface area (TPSA) is 58.6 Å². The smallest absolute Gasteiger partial charge is 0.227 e. The average molecular weight is 254 g/mol. The van der Waals surface area contributed by atoms with Crippen LogP contribution < -0.4 is 5.32 Å². The molecule has 0 aliphatic carbocycles. The van der Waals surface area contributed by atoms with E-state index in [1.807, 2.05) is 4.90 Å². The number of amides is 2. The Hall–Kier alpha value is -1.10. The summed E-state index contributed by atoms with van der Waals surface area (Å²) >= 11 is 0. The van der Waals surface area contributed by atoms with E-state index in [1.165, 1.54) is 0 Å². The highest BCUT2D eigenvalue weighted by Gasteiger charge is 2.33. The second kappa shape index (κ2) is 5.69. The number of methoxy groups -OCH3 is 1. The van der Waals surface area contributed by atoms with E-state index in [1.54, 1.807) is 7.11 Å². The molecule has 0 bridgehead atoms. The fourth-order valence-corrected chi connectivity index (χ4v) is 2.74. The second-order valence-corrected chi connectivity index (χ2v) is 5.36. The molecule has 2 rings (SSSR count). The van der Waals surface area contributed by atoms with Crippen LogP contribution in [0.1, 0.15) is 26.2 Å². The number of hydrogen-bond acceptors (Lipinski definition) is 3. The van der Waals surface area contributed by atoms with E-state index < -0.39 is 0 Å². The maximum atomic E-state index is 12.3. The summed E-state index contributed by atoms with van der Waals surface area (Å²) in [6.45, 7) is 4.14. The van der Waals surface area contributed by atoms with Gasteiger partial charge in [-0.3, -0.25) is 9.59 Å². The molecule has 5 heteroatoms. The van der Waals surface area contributed by atoms with Gasteiger partial charge in [-0.15, -0.1) is 0 Å². The first kappa shape index (κ1) is 13.3. The van der Waals surface area contributed by atoms with E-state index in [-0.39, 0.29) is 23.8 Å². The molecule has 0 saturated carbocycles. The molecule has 0 spiro atoms. The van der Waals surface area contributed by atoms with Gasteiger partial charge in [0.1, 0.15) is 0 Å². The number of ether oxygens (including phenoxy) is 1. The van der Waals surface area contributed by atoms with Gasteiger partial charge in [-0.2, -0.15) is 0 Å². The van der Waals surface area contributed by atoms with Crippen molar-refractivity contribution in [2.24, 2.45) is 11.8 Å². The van der Waals surface area contributed by atoms with E-state index in [2.05, 4.69) is 12.2 Å². The zero-order valence-electron chi connectivity index (χ0n) is 11.1. The summed E-state index contributed by atoms with van der Waals surface area (Å²) < 4.78 is 5.42. The molecule has 0 radical (unpaired) electrons. The third kappa shape index (κ3) is 2.83. The van der Waals surface area contributed by atoms with Gasteiger partial charge in [0.25, 0.3) is 0 Å². The SMILES string of the molecule is COC1CN(C(=O)C2CCC(=O)NC2)CCC1C. The van der Waals surface area contributed by atoms with E-state index >= 15 is 0 Å². The number of nitrogens with one attached hydrogen (secondary N) is 1. The minimum Gasteiger partial charge on any atom is -0.379 e.